The maximum absolute atomic E-state index is 13.6. The molecule has 1 N–H and O–H groups in total. The second kappa shape index (κ2) is 12.0. The quantitative estimate of drug-likeness (QED) is 0.509. The Bertz CT molecular complexity index is 1260. The van der Waals surface area contributed by atoms with Crippen LogP contribution in [0.3, 0.4) is 0 Å². The lowest BCUT2D eigenvalue weighted by Crippen LogP contribution is -2.44. The fourth-order valence-corrected chi connectivity index (χ4v) is 7.30. The van der Waals surface area contributed by atoms with E-state index in [1.165, 1.54) is 5.56 Å². The van der Waals surface area contributed by atoms with Crippen LogP contribution in [0, 0.1) is 13.8 Å². The molecule has 1 saturated heterocycles. The monoisotopic (exact) mass is 544 g/mol. The molecule has 1 amide bonds. The number of carbonyl (C=O) groups excluding carboxylic acids is 1. The molecule has 0 aliphatic carbocycles. The summed E-state index contributed by atoms with van der Waals surface area (Å²) >= 11 is 6.21. The number of hydrogen-bond acceptors (Lipinski definition) is 5. The second-order valence-corrected chi connectivity index (χ2v) is 12.4. The van der Waals surface area contributed by atoms with Crippen LogP contribution in [0.5, 0.6) is 0 Å². The molecule has 0 spiro atoms. The molecular formula is C28H37ClN4O3S. The zero-order valence-electron chi connectivity index (χ0n) is 22.0. The lowest BCUT2D eigenvalue weighted by molar-refractivity contribution is -0.130. The van der Waals surface area contributed by atoms with Crippen molar-refractivity contribution >= 4 is 33.4 Å². The molecule has 2 aromatic rings. The van der Waals surface area contributed by atoms with Crippen molar-refractivity contribution in [2.75, 3.05) is 33.2 Å². The van der Waals surface area contributed by atoms with Gasteiger partial charge >= 0.3 is 0 Å². The first-order valence-electron chi connectivity index (χ1n) is 13.1. The number of carbonyl (C=O) groups is 1. The van der Waals surface area contributed by atoms with Gasteiger partial charge in [-0.05, 0) is 68.4 Å². The molecule has 0 radical (unpaired) electrons. The van der Waals surface area contributed by atoms with Crippen molar-refractivity contribution < 1.29 is 13.2 Å². The van der Waals surface area contributed by atoms with Gasteiger partial charge in [0.1, 0.15) is 5.84 Å². The molecule has 4 rings (SSSR count). The van der Waals surface area contributed by atoms with Gasteiger partial charge in [-0.25, -0.2) is 8.42 Å². The number of nitrogens with zero attached hydrogens (tertiary/aromatic N) is 3. The van der Waals surface area contributed by atoms with Crippen LogP contribution in [0.2, 0.25) is 5.02 Å². The van der Waals surface area contributed by atoms with E-state index in [0.717, 1.165) is 55.7 Å². The highest BCUT2D eigenvalue weighted by Crippen LogP contribution is 2.31. The molecule has 0 bridgehead atoms. The molecular weight excluding hydrogens is 508 g/mol. The largest absolute Gasteiger partial charge is 0.368 e. The van der Waals surface area contributed by atoms with E-state index in [-0.39, 0.29) is 11.9 Å². The number of piperidine rings is 1. The van der Waals surface area contributed by atoms with E-state index in [2.05, 4.69) is 34.6 Å². The van der Waals surface area contributed by atoms with Gasteiger partial charge in [0.2, 0.25) is 15.9 Å². The van der Waals surface area contributed by atoms with Crippen LogP contribution < -0.4 is 5.32 Å². The predicted octanol–water partition coefficient (Wildman–Crippen LogP) is 4.33. The number of aryl methyl sites for hydroxylation is 2. The topological polar surface area (TPSA) is 82.1 Å². The zero-order chi connectivity index (χ0) is 26.6. The van der Waals surface area contributed by atoms with Crippen molar-refractivity contribution in [3.63, 3.8) is 0 Å². The number of amides is 1. The highest BCUT2D eigenvalue weighted by molar-refractivity contribution is 7.89. The van der Waals surface area contributed by atoms with Gasteiger partial charge in [-0.15, -0.1) is 0 Å². The van der Waals surface area contributed by atoms with Crippen molar-refractivity contribution in [2.45, 2.75) is 63.3 Å². The van der Waals surface area contributed by atoms with E-state index in [9.17, 15) is 13.2 Å². The Morgan fingerprint density at radius 2 is 1.92 bits per heavy atom. The fourth-order valence-electron chi connectivity index (χ4n) is 5.06. The van der Waals surface area contributed by atoms with E-state index in [1.807, 2.05) is 14.0 Å². The lowest BCUT2D eigenvalue weighted by atomic mass is 10.00. The van der Waals surface area contributed by atoms with Crippen LogP contribution in [0.15, 0.2) is 46.3 Å². The van der Waals surface area contributed by atoms with Crippen LogP contribution in [0.4, 0.5) is 0 Å². The molecule has 2 heterocycles. The summed E-state index contributed by atoms with van der Waals surface area (Å²) in [5.41, 5.74) is 3.65. The Hall–Kier alpha value is -2.42. The minimum Gasteiger partial charge on any atom is -0.368 e. The van der Waals surface area contributed by atoms with Crippen LogP contribution in [-0.4, -0.2) is 68.6 Å². The summed E-state index contributed by atoms with van der Waals surface area (Å²) in [6, 6.07) is 11.5. The summed E-state index contributed by atoms with van der Waals surface area (Å²) in [7, 11) is -1.85. The third kappa shape index (κ3) is 6.54. The third-order valence-corrected chi connectivity index (χ3v) is 9.87. The van der Waals surface area contributed by atoms with E-state index in [0.29, 0.717) is 41.4 Å². The zero-order valence-corrected chi connectivity index (χ0v) is 23.5. The van der Waals surface area contributed by atoms with E-state index in [1.54, 1.807) is 28.3 Å². The van der Waals surface area contributed by atoms with Crippen LogP contribution in [-0.2, 0) is 21.2 Å². The first kappa shape index (κ1) is 27.6. The summed E-state index contributed by atoms with van der Waals surface area (Å²) in [4.78, 5) is 19.4. The van der Waals surface area contributed by atoms with Crippen molar-refractivity contribution in [1.82, 2.24) is 14.5 Å². The summed E-state index contributed by atoms with van der Waals surface area (Å²) < 4.78 is 28.8. The summed E-state index contributed by atoms with van der Waals surface area (Å²) in [6.07, 6.45) is 4.19. The predicted molar refractivity (Wildman–Crippen MR) is 149 cm³/mol. The molecule has 200 valence electrons. The van der Waals surface area contributed by atoms with Crippen molar-refractivity contribution in [2.24, 2.45) is 4.99 Å². The SMILES string of the molecule is Cc1cc(S(=O)(=O)N2CCCCC2CCC(=O)N(C)CCc2ccc(C3=NCCN3)cc2)c(C)cc1Cl. The fraction of sp³-hybridized carbons (Fsp3) is 0.500. The van der Waals surface area contributed by atoms with Crippen molar-refractivity contribution in [1.29, 1.82) is 0 Å². The van der Waals surface area contributed by atoms with Crippen molar-refractivity contribution in [3.8, 4) is 0 Å². The van der Waals surface area contributed by atoms with Crippen LogP contribution in [0.1, 0.15) is 54.4 Å². The van der Waals surface area contributed by atoms with Gasteiger partial charge in [0.15, 0.2) is 0 Å². The number of likely N-dealkylation sites (N-methyl/N-ethyl adjacent to an activating group) is 1. The lowest BCUT2D eigenvalue weighted by Gasteiger charge is -2.35. The molecule has 7 nitrogen and oxygen atoms in total. The Morgan fingerprint density at radius 1 is 1.16 bits per heavy atom. The highest BCUT2D eigenvalue weighted by atomic mass is 35.5. The van der Waals surface area contributed by atoms with Crippen molar-refractivity contribution in [3.05, 3.63) is 63.7 Å². The maximum atomic E-state index is 13.6. The highest BCUT2D eigenvalue weighted by Gasteiger charge is 2.34. The minimum atomic E-state index is -3.67. The average molecular weight is 545 g/mol. The number of nitrogens with one attached hydrogen (secondary N) is 1. The normalized spacial score (nSPS) is 18.4. The molecule has 37 heavy (non-hydrogen) atoms. The number of hydrogen-bond donors (Lipinski definition) is 1. The van der Waals surface area contributed by atoms with Gasteiger partial charge in [-0.3, -0.25) is 9.79 Å². The first-order valence-corrected chi connectivity index (χ1v) is 14.9. The average Bonchev–Trinajstić information content (AvgIpc) is 3.43. The Balaban J connectivity index is 1.33. The molecule has 2 aromatic carbocycles. The molecule has 1 unspecified atom stereocenters. The van der Waals surface area contributed by atoms with Gasteiger partial charge in [0.05, 0.1) is 11.4 Å². The number of halogens is 1. The van der Waals surface area contributed by atoms with Gasteiger partial charge < -0.3 is 10.2 Å². The third-order valence-electron chi connectivity index (χ3n) is 7.37. The number of amidine groups is 1. The molecule has 0 aromatic heterocycles. The van der Waals surface area contributed by atoms with Gasteiger partial charge in [0, 0.05) is 49.7 Å². The summed E-state index contributed by atoms with van der Waals surface area (Å²) in [5.74, 6) is 0.988. The Morgan fingerprint density at radius 3 is 2.62 bits per heavy atom. The van der Waals surface area contributed by atoms with Crippen LogP contribution in [0.25, 0.3) is 0 Å². The number of sulfonamides is 1. The first-order chi connectivity index (χ1) is 17.7. The van der Waals surface area contributed by atoms with Gasteiger partial charge in [0.25, 0.3) is 0 Å². The Labute approximate surface area is 226 Å². The smallest absolute Gasteiger partial charge is 0.243 e. The maximum Gasteiger partial charge on any atom is 0.243 e. The molecule has 2 aliphatic rings. The van der Waals surface area contributed by atoms with E-state index >= 15 is 0 Å². The van der Waals surface area contributed by atoms with Crippen LogP contribution >= 0.6 is 11.6 Å². The van der Waals surface area contributed by atoms with E-state index in [4.69, 9.17) is 11.6 Å². The Kier molecular flexibility index (Phi) is 8.93. The van der Waals surface area contributed by atoms with E-state index < -0.39 is 10.0 Å². The molecule has 9 heteroatoms. The molecule has 1 atom stereocenters. The van der Waals surface area contributed by atoms with Gasteiger partial charge in [-0.2, -0.15) is 4.31 Å². The second-order valence-electron chi connectivity index (χ2n) is 10.1. The molecule has 1 fully saturated rings. The number of rotatable bonds is 9. The molecule has 2 aliphatic heterocycles. The number of benzene rings is 2. The minimum absolute atomic E-state index is 0.0440. The molecule has 0 saturated carbocycles. The standard InChI is InChI=1S/C28H37ClN4O3S/c1-20-19-26(21(2)18-25(20)29)37(35,36)33-16-5-4-6-24(33)11-12-27(34)32(3)17-13-22-7-9-23(10-8-22)28-30-14-15-31-28/h7-10,18-19,24H,4-6,11-17H2,1-3H3,(H,30,31). The summed E-state index contributed by atoms with van der Waals surface area (Å²) in [5, 5.41) is 3.84. The summed E-state index contributed by atoms with van der Waals surface area (Å²) in [6.45, 7) is 6.40. The number of aliphatic imine (C=N–C) groups is 1. The van der Waals surface area contributed by atoms with Gasteiger partial charge in [-0.1, -0.05) is 42.3 Å².